The highest BCUT2D eigenvalue weighted by molar-refractivity contribution is 5.40. The number of ether oxygens (including phenoxy) is 2. The molecular weight excluding hydrogens is 330 g/mol. The van der Waals surface area contributed by atoms with Crippen molar-refractivity contribution in [1.82, 2.24) is 14.9 Å². The highest BCUT2D eigenvalue weighted by Gasteiger charge is 2.09. The maximum Gasteiger partial charge on any atom is 0.224 e. The lowest BCUT2D eigenvalue weighted by atomic mass is 10.1. The van der Waals surface area contributed by atoms with Gasteiger partial charge in [0.25, 0.3) is 0 Å². The fraction of sp³-hybridized carbons (Fsp3) is 0.474. The van der Waals surface area contributed by atoms with Crippen molar-refractivity contribution in [2.24, 2.45) is 0 Å². The maximum absolute atomic E-state index is 5.39. The fourth-order valence-electron chi connectivity index (χ4n) is 2.93. The molecular formula is C19H27N5O2. The van der Waals surface area contributed by atoms with E-state index >= 15 is 0 Å². The van der Waals surface area contributed by atoms with Crippen LogP contribution in [0.3, 0.4) is 0 Å². The molecule has 0 bridgehead atoms. The number of anilines is 2. The topological polar surface area (TPSA) is 71.5 Å². The monoisotopic (exact) mass is 357 g/mol. The third-order valence-corrected chi connectivity index (χ3v) is 4.36. The van der Waals surface area contributed by atoms with Crippen LogP contribution in [0.2, 0.25) is 0 Å². The van der Waals surface area contributed by atoms with Gasteiger partial charge in [0.2, 0.25) is 5.95 Å². The van der Waals surface area contributed by atoms with E-state index in [1.807, 2.05) is 24.3 Å². The normalized spacial score (nSPS) is 14.8. The molecule has 1 aromatic heterocycles. The molecule has 2 N–H and O–H groups in total. The molecule has 7 nitrogen and oxygen atoms in total. The Kier molecular flexibility index (Phi) is 7.04. The number of methoxy groups -OCH3 is 1. The minimum atomic E-state index is 0.653. The van der Waals surface area contributed by atoms with E-state index in [4.69, 9.17) is 9.47 Å². The second-order valence-electron chi connectivity index (χ2n) is 6.13. The van der Waals surface area contributed by atoms with E-state index < -0.39 is 0 Å². The van der Waals surface area contributed by atoms with Gasteiger partial charge in [0.15, 0.2) is 0 Å². The SMILES string of the molecule is COc1ccccc1CCNc1ccnc(NCCN2CCOCC2)n1. The number of nitrogens with one attached hydrogen (secondary N) is 2. The van der Waals surface area contributed by atoms with Crippen molar-refractivity contribution in [1.29, 1.82) is 0 Å². The third-order valence-electron chi connectivity index (χ3n) is 4.36. The Morgan fingerprint density at radius 3 is 2.81 bits per heavy atom. The van der Waals surface area contributed by atoms with Crippen LogP contribution < -0.4 is 15.4 Å². The van der Waals surface area contributed by atoms with E-state index in [1.165, 1.54) is 5.56 Å². The molecule has 3 rings (SSSR count). The summed E-state index contributed by atoms with van der Waals surface area (Å²) in [5, 5.41) is 6.65. The fourth-order valence-corrected chi connectivity index (χ4v) is 2.93. The Balaban J connectivity index is 1.43. The van der Waals surface area contributed by atoms with Crippen molar-refractivity contribution in [3.05, 3.63) is 42.1 Å². The molecule has 140 valence electrons. The summed E-state index contributed by atoms with van der Waals surface area (Å²) >= 11 is 0. The van der Waals surface area contributed by atoms with Crippen molar-refractivity contribution >= 4 is 11.8 Å². The van der Waals surface area contributed by atoms with Gasteiger partial charge in [-0.15, -0.1) is 0 Å². The second-order valence-corrected chi connectivity index (χ2v) is 6.13. The zero-order valence-electron chi connectivity index (χ0n) is 15.3. The molecule has 0 spiro atoms. The summed E-state index contributed by atoms with van der Waals surface area (Å²) < 4.78 is 10.7. The molecule has 2 heterocycles. The number of rotatable bonds is 9. The van der Waals surface area contributed by atoms with E-state index in [0.717, 1.165) is 63.9 Å². The van der Waals surface area contributed by atoms with Crippen molar-refractivity contribution in [3.8, 4) is 5.75 Å². The Morgan fingerprint density at radius 2 is 1.96 bits per heavy atom. The van der Waals surface area contributed by atoms with Crippen LogP contribution in [0.25, 0.3) is 0 Å². The van der Waals surface area contributed by atoms with Crippen LogP contribution >= 0.6 is 0 Å². The molecule has 2 aromatic rings. The summed E-state index contributed by atoms with van der Waals surface area (Å²) in [5.41, 5.74) is 1.18. The summed E-state index contributed by atoms with van der Waals surface area (Å²) in [7, 11) is 1.70. The number of morpholine rings is 1. The molecule has 1 saturated heterocycles. The lowest BCUT2D eigenvalue weighted by Crippen LogP contribution is -2.39. The van der Waals surface area contributed by atoms with E-state index in [9.17, 15) is 0 Å². The Morgan fingerprint density at radius 1 is 1.12 bits per heavy atom. The van der Waals surface area contributed by atoms with Gasteiger partial charge >= 0.3 is 0 Å². The lowest BCUT2D eigenvalue weighted by molar-refractivity contribution is 0.0398. The number of aromatic nitrogens is 2. The smallest absolute Gasteiger partial charge is 0.224 e. The summed E-state index contributed by atoms with van der Waals surface area (Å²) in [5.74, 6) is 2.40. The standard InChI is InChI=1S/C19H27N5O2/c1-25-17-5-3-2-4-16(17)6-8-20-18-7-9-21-19(23-18)22-10-11-24-12-14-26-15-13-24/h2-5,7,9H,6,8,10-15H2,1H3,(H2,20,21,22,23). The molecule has 0 saturated carbocycles. The number of hydrogen-bond acceptors (Lipinski definition) is 7. The predicted octanol–water partition coefficient (Wildman–Crippen LogP) is 1.88. The van der Waals surface area contributed by atoms with E-state index in [1.54, 1.807) is 13.3 Å². The van der Waals surface area contributed by atoms with Crippen LogP contribution in [0.1, 0.15) is 5.56 Å². The Bertz CT molecular complexity index is 676. The average Bonchev–Trinajstić information content (AvgIpc) is 2.69. The van der Waals surface area contributed by atoms with Gasteiger partial charge in [-0.05, 0) is 24.1 Å². The minimum absolute atomic E-state index is 0.653. The summed E-state index contributed by atoms with van der Waals surface area (Å²) in [6.45, 7) is 6.21. The molecule has 1 fully saturated rings. The molecule has 7 heteroatoms. The van der Waals surface area contributed by atoms with Crippen molar-refractivity contribution in [2.45, 2.75) is 6.42 Å². The van der Waals surface area contributed by atoms with Gasteiger partial charge in [-0.2, -0.15) is 4.98 Å². The van der Waals surface area contributed by atoms with E-state index in [0.29, 0.717) is 5.95 Å². The zero-order valence-corrected chi connectivity index (χ0v) is 15.3. The van der Waals surface area contributed by atoms with Gasteiger partial charge in [-0.3, -0.25) is 4.90 Å². The molecule has 0 radical (unpaired) electrons. The van der Waals surface area contributed by atoms with Crippen molar-refractivity contribution in [3.63, 3.8) is 0 Å². The lowest BCUT2D eigenvalue weighted by Gasteiger charge is -2.26. The van der Waals surface area contributed by atoms with Crippen LogP contribution in [0, 0.1) is 0 Å². The van der Waals surface area contributed by atoms with Crippen LogP contribution in [-0.4, -0.2) is 67.9 Å². The summed E-state index contributed by atoms with van der Waals surface area (Å²) in [6, 6.07) is 9.96. The molecule has 0 amide bonds. The first kappa shape index (κ1) is 18.4. The molecule has 0 unspecified atom stereocenters. The molecule has 26 heavy (non-hydrogen) atoms. The number of hydrogen-bond donors (Lipinski definition) is 2. The average molecular weight is 357 g/mol. The van der Waals surface area contributed by atoms with Crippen molar-refractivity contribution < 1.29 is 9.47 Å². The van der Waals surface area contributed by atoms with Gasteiger partial charge in [0.05, 0.1) is 20.3 Å². The molecule has 1 aromatic carbocycles. The summed E-state index contributed by atoms with van der Waals surface area (Å²) in [4.78, 5) is 11.2. The first-order chi connectivity index (χ1) is 12.8. The van der Waals surface area contributed by atoms with E-state index in [2.05, 4.69) is 31.6 Å². The van der Waals surface area contributed by atoms with Gasteiger partial charge < -0.3 is 20.1 Å². The summed E-state index contributed by atoms with van der Waals surface area (Å²) in [6.07, 6.45) is 2.64. The number of para-hydroxylation sites is 1. The first-order valence-electron chi connectivity index (χ1n) is 9.08. The number of nitrogens with zero attached hydrogens (tertiary/aromatic N) is 3. The Labute approximate surface area is 154 Å². The molecule has 1 aliphatic heterocycles. The van der Waals surface area contributed by atoms with Gasteiger partial charge in [-0.25, -0.2) is 4.98 Å². The second kappa shape index (κ2) is 9.94. The van der Waals surface area contributed by atoms with Crippen LogP contribution in [0.5, 0.6) is 5.75 Å². The minimum Gasteiger partial charge on any atom is -0.496 e. The predicted molar refractivity (Wildman–Crippen MR) is 103 cm³/mol. The highest BCUT2D eigenvalue weighted by atomic mass is 16.5. The quantitative estimate of drug-likeness (QED) is 0.710. The Hall–Kier alpha value is -2.38. The zero-order chi connectivity index (χ0) is 18.0. The van der Waals surface area contributed by atoms with Crippen LogP contribution in [0.15, 0.2) is 36.5 Å². The van der Waals surface area contributed by atoms with Gasteiger partial charge in [0.1, 0.15) is 11.6 Å². The first-order valence-corrected chi connectivity index (χ1v) is 9.08. The molecule has 1 aliphatic rings. The third kappa shape index (κ3) is 5.57. The van der Waals surface area contributed by atoms with Crippen molar-refractivity contribution in [2.75, 3.05) is 63.7 Å². The van der Waals surface area contributed by atoms with Crippen LogP contribution in [0.4, 0.5) is 11.8 Å². The number of benzene rings is 1. The highest BCUT2D eigenvalue weighted by Crippen LogP contribution is 2.17. The largest absolute Gasteiger partial charge is 0.496 e. The molecule has 0 atom stereocenters. The molecule has 0 aliphatic carbocycles. The van der Waals surface area contributed by atoms with Crippen LogP contribution in [-0.2, 0) is 11.2 Å². The van der Waals surface area contributed by atoms with E-state index in [-0.39, 0.29) is 0 Å². The van der Waals surface area contributed by atoms with Gasteiger partial charge in [-0.1, -0.05) is 18.2 Å². The van der Waals surface area contributed by atoms with Gasteiger partial charge in [0, 0.05) is 38.9 Å². The maximum atomic E-state index is 5.39.